The van der Waals surface area contributed by atoms with Crippen molar-refractivity contribution in [2.75, 3.05) is 44.8 Å². The number of rotatable bonds is 3. The summed E-state index contributed by atoms with van der Waals surface area (Å²) in [4.78, 5) is 4.00. The molecule has 1 aromatic heterocycles. The molecule has 0 saturated carbocycles. The number of benzene rings is 1. The fourth-order valence-corrected chi connectivity index (χ4v) is 4.88. The Bertz CT molecular complexity index is 896. The average Bonchev–Trinajstić information content (AvgIpc) is 3.22. The van der Waals surface area contributed by atoms with Crippen LogP contribution in [0.4, 0.5) is 5.69 Å². The Morgan fingerprint density at radius 3 is 2.62 bits per heavy atom. The average molecular weight is 347 g/mol. The van der Waals surface area contributed by atoms with Crippen LogP contribution in [0.5, 0.6) is 0 Å². The zero-order chi connectivity index (χ0) is 16.7. The number of hydrogen-bond acceptors (Lipinski definition) is 6. The van der Waals surface area contributed by atoms with Crippen LogP contribution in [0.25, 0.3) is 10.9 Å². The fraction of sp³-hybridized carbons (Fsp3) is 0.375. The molecule has 4 rings (SSSR count). The number of fused-ring (bicyclic) bond motifs is 1. The largest absolute Gasteiger partial charge is 0.371 e. The van der Waals surface area contributed by atoms with Gasteiger partial charge in [-0.2, -0.15) is 8.42 Å². The summed E-state index contributed by atoms with van der Waals surface area (Å²) < 4.78 is 27.4. The molecule has 1 aromatic carbocycles. The van der Waals surface area contributed by atoms with Crippen molar-refractivity contribution >= 4 is 26.6 Å². The molecule has 0 unspecified atom stereocenters. The summed E-state index contributed by atoms with van der Waals surface area (Å²) in [5, 5.41) is 7.55. The Labute approximate surface area is 141 Å². The lowest BCUT2D eigenvalue weighted by molar-refractivity contribution is 0.454. The predicted molar refractivity (Wildman–Crippen MR) is 95.2 cm³/mol. The Balaban J connectivity index is 1.81. The van der Waals surface area contributed by atoms with Crippen LogP contribution in [0.15, 0.2) is 41.7 Å². The van der Waals surface area contributed by atoms with E-state index in [-0.39, 0.29) is 5.03 Å². The molecule has 3 heterocycles. The second-order valence-electron chi connectivity index (χ2n) is 6.11. The van der Waals surface area contributed by atoms with Gasteiger partial charge >= 0.3 is 0 Å². The number of nitrogens with zero attached hydrogens (tertiary/aromatic N) is 3. The molecule has 2 aliphatic heterocycles. The summed E-state index contributed by atoms with van der Waals surface area (Å²) in [5.74, 6) is 0. The van der Waals surface area contributed by atoms with Crippen LogP contribution in [-0.2, 0) is 10.0 Å². The third kappa shape index (κ3) is 2.33. The van der Waals surface area contributed by atoms with Gasteiger partial charge in [0.05, 0.1) is 12.2 Å². The van der Waals surface area contributed by atoms with E-state index in [1.54, 1.807) is 24.3 Å². The molecule has 0 spiro atoms. The molecule has 1 fully saturated rings. The van der Waals surface area contributed by atoms with E-state index >= 15 is 0 Å². The van der Waals surface area contributed by atoms with Gasteiger partial charge in [0.25, 0.3) is 10.0 Å². The minimum atomic E-state index is -3.61. The Hall–Kier alpha value is -2.19. The summed E-state index contributed by atoms with van der Waals surface area (Å²) >= 11 is 0. The molecule has 2 N–H and O–H groups in total. The maximum absolute atomic E-state index is 13.0. The van der Waals surface area contributed by atoms with Crippen LogP contribution < -0.4 is 15.5 Å². The molecular weight excluding hydrogens is 326 g/mol. The summed E-state index contributed by atoms with van der Waals surface area (Å²) in [5.41, 5.74) is 1.81. The molecule has 1 saturated heterocycles. The predicted octanol–water partition coefficient (Wildman–Crippen LogP) is 0.520. The molecule has 0 amide bonds. The van der Waals surface area contributed by atoms with E-state index in [9.17, 15) is 8.42 Å². The highest BCUT2D eigenvalue weighted by atomic mass is 32.2. The Morgan fingerprint density at radius 2 is 1.92 bits per heavy atom. The second-order valence-corrected chi connectivity index (χ2v) is 7.87. The van der Waals surface area contributed by atoms with Crippen molar-refractivity contribution in [3.8, 4) is 0 Å². The first kappa shape index (κ1) is 15.3. The first-order chi connectivity index (χ1) is 11.6. The summed E-state index contributed by atoms with van der Waals surface area (Å²) in [6, 6.07) is 7.75. The van der Waals surface area contributed by atoms with Crippen molar-refractivity contribution < 1.29 is 8.42 Å². The van der Waals surface area contributed by atoms with Gasteiger partial charge in [0.1, 0.15) is 0 Å². The van der Waals surface area contributed by atoms with E-state index in [1.807, 2.05) is 18.2 Å². The van der Waals surface area contributed by atoms with Gasteiger partial charge in [-0.05, 0) is 18.2 Å². The van der Waals surface area contributed by atoms with Gasteiger partial charge < -0.3 is 20.4 Å². The normalized spacial score (nSPS) is 18.8. The highest BCUT2D eigenvalue weighted by Gasteiger charge is 2.28. The topological polar surface area (TPSA) is 69.6 Å². The van der Waals surface area contributed by atoms with Crippen LogP contribution in [0.3, 0.4) is 0 Å². The molecule has 0 radical (unpaired) electrons. The molecule has 24 heavy (non-hydrogen) atoms. The van der Waals surface area contributed by atoms with Crippen LogP contribution in [-0.4, -0.2) is 57.2 Å². The third-order valence-corrected chi connectivity index (χ3v) is 6.38. The zero-order valence-corrected chi connectivity index (χ0v) is 14.4. The van der Waals surface area contributed by atoms with Crippen LogP contribution in [0.2, 0.25) is 0 Å². The lowest BCUT2D eigenvalue weighted by Gasteiger charge is -2.30. The van der Waals surface area contributed by atoms with E-state index < -0.39 is 10.0 Å². The fourth-order valence-electron chi connectivity index (χ4n) is 3.35. The van der Waals surface area contributed by atoms with Gasteiger partial charge in [0.15, 0.2) is 5.03 Å². The van der Waals surface area contributed by atoms with Gasteiger partial charge in [0, 0.05) is 56.7 Å². The van der Waals surface area contributed by atoms with Gasteiger partial charge in [-0.3, -0.25) is 0 Å². The monoisotopic (exact) mass is 347 g/mol. The van der Waals surface area contributed by atoms with Crippen molar-refractivity contribution in [2.45, 2.75) is 0 Å². The number of hydrogen-bond donors (Lipinski definition) is 2. The zero-order valence-electron chi connectivity index (χ0n) is 13.6. The van der Waals surface area contributed by atoms with Gasteiger partial charge in [-0.15, -0.1) is 0 Å². The number of aromatic nitrogens is 1. The van der Waals surface area contributed by atoms with Crippen LogP contribution in [0, 0.1) is 0 Å². The smallest absolute Gasteiger partial charge is 0.285 e. The quantitative estimate of drug-likeness (QED) is 0.844. The van der Waals surface area contributed by atoms with E-state index in [4.69, 9.17) is 0 Å². The highest BCUT2D eigenvalue weighted by molar-refractivity contribution is 7.93. The number of nitrogens with one attached hydrogen (secondary N) is 2. The molecule has 2 aliphatic rings. The van der Waals surface area contributed by atoms with Crippen molar-refractivity contribution in [2.24, 2.45) is 0 Å². The van der Waals surface area contributed by atoms with Crippen molar-refractivity contribution in [3.63, 3.8) is 0 Å². The van der Waals surface area contributed by atoms with E-state index in [1.165, 1.54) is 3.97 Å². The molecule has 0 bridgehead atoms. The summed E-state index contributed by atoms with van der Waals surface area (Å²) in [7, 11) is -1.84. The van der Waals surface area contributed by atoms with Crippen LogP contribution in [0.1, 0.15) is 0 Å². The van der Waals surface area contributed by atoms with Crippen molar-refractivity contribution in [3.05, 3.63) is 41.7 Å². The first-order valence-electron chi connectivity index (χ1n) is 8.05. The molecule has 8 heteroatoms. The number of anilines is 1. The van der Waals surface area contributed by atoms with E-state index in [0.29, 0.717) is 12.2 Å². The number of piperazine rings is 1. The second kappa shape index (κ2) is 5.71. The Kier molecular flexibility index (Phi) is 3.65. The SMILES string of the molecule is CN1CNC=C1S(=O)(=O)n1ccc2c(N3CCNCC3)cccc21. The molecular formula is C16H21N5O2S. The minimum Gasteiger partial charge on any atom is -0.371 e. The van der Waals surface area contributed by atoms with E-state index in [0.717, 1.165) is 37.3 Å². The highest BCUT2D eigenvalue weighted by Crippen LogP contribution is 2.30. The lowest BCUT2D eigenvalue weighted by Crippen LogP contribution is -2.43. The maximum Gasteiger partial charge on any atom is 0.285 e. The summed E-state index contributed by atoms with van der Waals surface area (Å²) in [6.07, 6.45) is 3.21. The summed E-state index contributed by atoms with van der Waals surface area (Å²) in [6.45, 7) is 4.24. The van der Waals surface area contributed by atoms with Crippen LogP contribution >= 0.6 is 0 Å². The molecule has 0 aliphatic carbocycles. The van der Waals surface area contributed by atoms with Gasteiger partial charge in [-0.1, -0.05) is 6.07 Å². The standard InChI is InChI=1S/C16H21N5O2S/c1-19-12-18-11-16(19)24(22,23)21-8-5-13-14(3-2-4-15(13)21)20-9-6-17-7-10-20/h2-5,8,11,17-18H,6-7,9-10,12H2,1H3. The van der Waals surface area contributed by atoms with E-state index in [2.05, 4.69) is 21.6 Å². The molecule has 2 aromatic rings. The van der Waals surface area contributed by atoms with Crippen molar-refractivity contribution in [1.82, 2.24) is 19.5 Å². The van der Waals surface area contributed by atoms with Gasteiger partial charge in [0.2, 0.25) is 0 Å². The first-order valence-corrected chi connectivity index (χ1v) is 9.49. The molecule has 0 atom stereocenters. The third-order valence-electron chi connectivity index (χ3n) is 4.59. The molecule has 128 valence electrons. The van der Waals surface area contributed by atoms with Gasteiger partial charge in [-0.25, -0.2) is 3.97 Å². The minimum absolute atomic E-state index is 0.285. The Morgan fingerprint density at radius 1 is 1.12 bits per heavy atom. The molecule has 7 nitrogen and oxygen atoms in total. The lowest BCUT2D eigenvalue weighted by atomic mass is 10.2. The maximum atomic E-state index is 13.0. The van der Waals surface area contributed by atoms with Crippen molar-refractivity contribution in [1.29, 1.82) is 0 Å².